The van der Waals surface area contributed by atoms with E-state index in [2.05, 4.69) is 15.5 Å². The summed E-state index contributed by atoms with van der Waals surface area (Å²) in [6.45, 7) is 2.18. The Morgan fingerprint density at radius 1 is 1.48 bits per heavy atom. The fourth-order valence-electron chi connectivity index (χ4n) is 2.43. The van der Waals surface area contributed by atoms with Crippen LogP contribution in [0.2, 0.25) is 5.02 Å². The predicted octanol–water partition coefficient (Wildman–Crippen LogP) is 3.96. The van der Waals surface area contributed by atoms with E-state index in [1.54, 1.807) is 13.1 Å². The molecule has 0 unspecified atom stereocenters. The first-order valence-corrected chi connectivity index (χ1v) is 8.02. The first-order valence-electron chi connectivity index (χ1n) is 7.64. The topological polar surface area (TPSA) is 71.3 Å². The number of hydrogen-bond donors (Lipinski definition) is 1. The SMILES string of the molecule is Cc1cccc(Cl)c1NC(=O)N(C)Cc1noc(C2CCC2)n1. The molecular formula is C16H19ClN4O2. The Balaban J connectivity index is 1.62. The van der Waals surface area contributed by atoms with Gasteiger partial charge < -0.3 is 14.7 Å². The van der Waals surface area contributed by atoms with Crippen LogP contribution in [0.15, 0.2) is 22.7 Å². The second kappa shape index (κ2) is 6.58. The second-order valence-corrected chi connectivity index (χ2v) is 6.30. The third kappa shape index (κ3) is 3.47. The van der Waals surface area contributed by atoms with Crippen molar-refractivity contribution in [1.82, 2.24) is 15.0 Å². The summed E-state index contributed by atoms with van der Waals surface area (Å²) in [5, 5.41) is 7.28. The summed E-state index contributed by atoms with van der Waals surface area (Å²) < 4.78 is 5.27. The third-order valence-corrected chi connectivity index (χ3v) is 4.43. The lowest BCUT2D eigenvalue weighted by atomic mass is 9.85. The maximum absolute atomic E-state index is 12.3. The summed E-state index contributed by atoms with van der Waals surface area (Å²) in [4.78, 5) is 18.2. The standard InChI is InChI=1S/C16H19ClN4O2/c1-10-5-3-8-12(17)14(10)19-16(22)21(2)9-13-18-15(23-20-13)11-6-4-7-11/h3,5,8,11H,4,6-7,9H2,1-2H3,(H,19,22). The van der Waals surface area contributed by atoms with Crippen LogP contribution in [0.1, 0.15) is 42.5 Å². The van der Waals surface area contributed by atoms with Crippen LogP contribution in [0.25, 0.3) is 0 Å². The molecule has 2 aromatic rings. The fraction of sp³-hybridized carbons (Fsp3) is 0.438. The zero-order valence-electron chi connectivity index (χ0n) is 13.2. The molecule has 122 valence electrons. The van der Waals surface area contributed by atoms with Crippen molar-refractivity contribution in [3.05, 3.63) is 40.5 Å². The Bertz CT molecular complexity index is 692. The molecule has 0 saturated heterocycles. The molecule has 3 rings (SSSR count). The molecule has 0 radical (unpaired) electrons. The van der Waals surface area contributed by atoms with Crippen LogP contribution >= 0.6 is 11.6 Å². The van der Waals surface area contributed by atoms with Crippen LogP contribution in [-0.2, 0) is 6.54 Å². The number of carbonyl (C=O) groups excluding carboxylic acids is 1. The monoisotopic (exact) mass is 334 g/mol. The van der Waals surface area contributed by atoms with Gasteiger partial charge in [-0.3, -0.25) is 0 Å². The molecule has 23 heavy (non-hydrogen) atoms. The van der Waals surface area contributed by atoms with Crippen LogP contribution in [0.4, 0.5) is 10.5 Å². The normalized spacial score (nSPS) is 14.4. The maximum Gasteiger partial charge on any atom is 0.322 e. The Morgan fingerprint density at radius 3 is 2.91 bits per heavy atom. The molecule has 1 aromatic carbocycles. The number of rotatable bonds is 4. The molecule has 0 atom stereocenters. The second-order valence-electron chi connectivity index (χ2n) is 5.89. The molecule has 1 aromatic heterocycles. The summed E-state index contributed by atoms with van der Waals surface area (Å²) in [5.41, 5.74) is 1.53. The maximum atomic E-state index is 12.3. The summed E-state index contributed by atoms with van der Waals surface area (Å²) in [6, 6.07) is 5.22. The molecule has 0 spiro atoms. The largest absolute Gasteiger partial charge is 0.339 e. The first-order chi connectivity index (χ1) is 11.0. The Hall–Kier alpha value is -2.08. The highest BCUT2D eigenvalue weighted by molar-refractivity contribution is 6.33. The number of benzene rings is 1. The summed E-state index contributed by atoms with van der Waals surface area (Å²) in [5.74, 6) is 1.59. The van der Waals surface area contributed by atoms with Crippen molar-refractivity contribution in [2.24, 2.45) is 0 Å². The molecule has 6 nitrogen and oxygen atoms in total. The van der Waals surface area contributed by atoms with Gasteiger partial charge in [0.15, 0.2) is 5.82 Å². The molecule has 1 fully saturated rings. The van der Waals surface area contributed by atoms with Crippen LogP contribution in [0.3, 0.4) is 0 Å². The van der Waals surface area contributed by atoms with Crippen molar-refractivity contribution in [2.75, 3.05) is 12.4 Å². The van der Waals surface area contributed by atoms with Crippen molar-refractivity contribution in [2.45, 2.75) is 38.6 Å². The lowest BCUT2D eigenvalue weighted by Crippen LogP contribution is -2.31. The van der Waals surface area contributed by atoms with Gasteiger partial charge in [0.2, 0.25) is 5.89 Å². The fourth-order valence-corrected chi connectivity index (χ4v) is 2.70. The predicted molar refractivity (Wildman–Crippen MR) is 87.6 cm³/mol. The van der Waals surface area contributed by atoms with Crippen LogP contribution < -0.4 is 5.32 Å². The minimum absolute atomic E-state index is 0.267. The van der Waals surface area contributed by atoms with Gasteiger partial charge in [-0.25, -0.2) is 4.79 Å². The molecule has 7 heteroatoms. The minimum Gasteiger partial charge on any atom is -0.339 e. The average molecular weight is 335 g/mol. The minimum atomic E-state index is -0.267. The Labute approximate surface area is 139 Å². The number of nitrogens with zero attached hydrogens (tertiary/aromatic N) is 3. The molecule has 2 amide bonds. The Kier molecular flexibility index (Phi) is 4.52. The first kappa shape index (κ1) is 15.8. The number of aryl methyl sites for hydroxylation is 1. The van der Waals surface area contributed by atoms with E-state index in [1.807, 2.05) is 19.1 Å². The lowest BCUT2D eigenvalue weighted by Gasteiger charge is -2.20. The number of aromatic nitrogens is 2. The summed E-state index contributed by atoms with van der Waals surface area (Å²) >= 11 is 6.13. The molecule has 1 heterocycles. The number of urea groups is 1. The van der Waals surface area contributed by atoms with E-state index < -0.39 is 0 Å². The van der Waals surface area contributed by atoms with Crippen molar-refractivity contribution < 1.29 is 9.32 Å². The highest BCUT2D eigenvalue weighted by Gasteiger charge is 2.25. The van der Waals surface area contributed by atoms with Crippen LogP contribution in [-0.4, -0.2) is 28.1 Å². The molecule has 1 saturated carbocycles. The third-order valence-electron chi connectivity index (χ3n) is 4.12. The molecule has 1 aliphatic carbocycles. The zero-order chi connectivity index (χ0) is 16.4. The molecule has 0 bridgehead atoms. The van der Waals surface area contributed by atoms with Gasteiger partial charge in [-0.1, -0.05) is 35.3 Å². The van der Waals surface area contributed by atoms with Crippen molar-refractivity contribution >= 4 is 23.3 Å². The van der Waals surface area contributed by atoms with Gasteiger partial charge in [-0.05, 0) is 31.4 Å². The molecule has 0 aliphatic heterocycles. The van der Waals surface area contributed by atoms with Crippen LogP contribution in [0, 0.1) is 6.92 Å². The average Bonchev–Trinajstić information content (AvgIpc) is 2.89. The molecule has 1 aliphatic rings. The summed E-state index contributed by atoms with van der Waals surface area (Å²) in [6.07, 6.45) is 3.41. The lowest BCUT2D eigenvalue weighted by molar-refractivity contribution is 0.219. The van der Waals surface area contributed by atoms with Crippen molar-refractivity contribution in [3.63, 3.8) is 0 Å². The van der Waals surface area contributed by atoms with Gasteiger partial charge >= 0.3 is 6.03 Å². The zero-order valence-corrected chi connectivity index (χ0v) is 13.9. The van der Waals surface area contributed by atoms with Gasteiger partial charge in [-0.2, -0.15) is 4.98 Å². The number of carbonyl (C=O) groups is 1. The molecule has 1 N–H and O–H groups in total. The van der Waals surface area contributed by atoms with E-state index in [0.717, 1.165) is 18.4 Å². The van der Waals surface area contributed by atoms with Crippen LogP contribution in [0.5, 0.6) is 0 Å². The van der Waals surface area contributed by atoms with E-state index >= 15 is 0 Å². The highest BCUT2D eigenvalue weighted by Crippen LogP contribution is 2.35. The number of para-hydroxylation sites is 1. The quantitative estimate of drug-likeness (QED) is 0.918. The number of nitrogens with one attached hydrogen (secondary N) is 1. The smallest absolute Gasteiger partial charge is 0.322 e. The van der Waals surface area contributed by atoms with E-state index in [1.165, 1.54) is 11.3 Å². The van der Waals surface area contributed by atoms with Gasteiger partial charge in [0.05, 0.1) is 17.3 Å². The number of halogens is 1. The highest BCUT2D eigenvalue weighted by atomic mass is 35.5. The Morgan fingerprint density at radius 2 is 2.26 bits per heavy atom. The van der Waals surface area contributed by atoms with Gasteiger partial charge in [-0.15, -0.1) is 0 Å². The van der Waals surface area contributed by atoms with Gasteiger partial charge in [0.1, 0.15) is 0 Å². The summed E-state index contributed by atoms with van der Waals surface area (Å²) in [7, 11) is 1.68. The number of amides is 2. The van der Waals surface area contributed by atoms with Crippen molar-refractivity contribution in [1.29, 1.82) is 0 Å². The number of anilines is 1. The van der Waals surface area contributed by atoms with E-state index in [-0.39, 0.29) is 12.6 Å². The number of hydrogen-bond acceptors (Lipinski definition) is 4. The van der Waals surface area contributed by atoms with Gasteiger partial charge in [0.25, 0.3) is 0 Å². The molecular weight excluding hydrogens is 316 g/mol. The van der Waals surface area contributed by atoms with Crippen molar-refractivity contribution in [3.8, 4) is 0 Å². The van der Waals surface area contributed by atoms with E-state index in [9.17, 15) is 4.79 Å². The van der Waals surface area contributed by atoms with Gasteiger partial charge in [0, 0.05) is 13.0 Å². The van der Waals surface area contributed by atoms with E-state index in [4.69, 9.17) is 16.1 Å². The van der Waals surface area contributed by atoms with E-state index in [0.29, 0.717) is 28.3 Å².